The third-order valence-corrected chi connectivity index (χ3v) is 2.44. The highest BCUT2D eigenvalue weighted by molar-refractivity contribution is 6.36. The normalized spacial score (nSPS) is 12.2. The Labute approximate surface area is 101 Å². The first-order valence-corrected chi connectivity index (χ1v) is 5.06. The van der Waals surface area contributed by atoms with Crippen molar-refractivity contribution < 1.29 is 19.8 Å². The van der Waals surface area contributed by atoms with Crippen LogP contribution in [0.25, 0.3) is 0 Å². The number of carbonyl (C=O) groups excluding carboxylic acids is 1. The highest BCUT2D eigenvalue weighted by Crippen LogP contribution is 2.22. The van der Waals surface area contributed by atoms with Crippen molar-refractivity contribution in [2.24, 2.45) is 0 Å². The Morgan fingerprint density at radius 3 is 2.44 bits per heavy atom. The Morgan fingerprint density at radius 2 is 1.94 bits per heavy atom. The quantitative estimate of drug-likeness (QED) is 0.815. The van der Waals surface area contributed by atoms with Crippen molar-refractivity contribution in [3.05, 3.63) is 33.8 Å². The second kappa shape index (κ2) is 5.30. The third kappa shape index (κ3) is 3.20. The Kier molecular flexibility index (Phi) is 4.29. The Morgan fingerprint density at radius 1 is 1.31 bits per heavy atom. The molecule has 6 heteroatoms. The number of hydrogen-bond acceptors (Lipinski definition) is 3. The molecule has 4 nitrogen and oxygen atoms in total. The van der Waals surface area contributed by atoms with E-state index in [4.69, 9.17) is 33.4 Å². The molecular weight excluding hydrogens is 255 g/mol. The van der Waals surface area contributed by atoms with Gasteiger partial charge in [-0.1, -0.05) is 23.2 Å². The zero-order chi connectivity index (χ0) is 12.3. The minimum absolute atomic E-state index is 0.134. The molecule has 0 saturated carbocycles. The van der Waals surface area contributed by atoms with E-state index >= 15 is 0 Å². The van der Waals surface area contributed by atoms with E-state index in [1.165, 1.54) is 18.2 Å². The lowest BCUT2D eigenvalue weighted by atomic mass is 10.1. The SMILES string of the molecule is O=C(CC(O)C(=O)O)c1ccc(Cl)cc1Cl. The predicted octanol–water partition coefficient (Wildman–Crippen LogP) is 2.01. The molecule has 0 fully saturated rings. The summed E-state index contributed by atoms with van der Waals surface area (Å²) in [5, 5.41) is 18.0. The number of benzene rings is 1. The Bertz CT molecular complexity index is 431. The summed E-state index contributed by atoms with van der Waals surface area (Å²) in [6.45, 7) is 0. The van der Waals surface area contributed by atoms with Crippen molar-refractivity contribution in [3.8, 4) is 0 Å². The first-order valence-electron chi connectivity index (χ1n) is 4.31. The summed E-state index contributed by atoms with van der Waals surface area (Å²) < 4.78 is 0. The van der Waals surface area contributed by atoms with Crippen LogP contribution in [0, 0.1) is 0 Å². The van der Waals surface area contributed by atoms with E-state index in [9.17, 15) is 9.59 Å². The van der Waals surface area contributed by atoms with E-state index in [1.807, 2.05) is 0 Å². The molecule has 0 radical (unpaired) electrons. The van der Waals surface area contributed by atoms with Crippen LogP contribution in [0.2, 0.25) is 10.0 Å². The number of hydrogen-bond donors (Lipinski definition) is 2. The lowest BCUT2D eigenvalue weighted by molar-refractivity contribution is -0.146. The fourth-order valence-corrected chi connectivity index (χ4v) is 1.60. The van der Waals surface area contributed by atoms with Gasteiger partial charge in [-0.15, -0.1) is 0 Å². The number of aliphatic hydroxyl groups excluding tert-OH is 1. The maximum Gasteiger partial charge on any atom is 0.332 e. The number of Topliss-reactive ketones (excluding diaryl/α,β-unsaturated/α-hetero) is 1. The molecule has 0 aliphatic rings. The van der Waals surface area contributed by atoms with E-state index in [2.05, 4.69) is 0 Å². The second-order valence-electron chi connectivity index (χ2n) is 3.11. The summed E-state index contributed by atoms with van der Waals surface area (Å²) in [6, 6.07) is 4.23. The van der Waals surface area contributed by atoms with Crippen molar-refractivity contribution >= 4 is 35.0 Å². The molecule has 0 aliphatic heterocycles. The maximum atomic E-state index is 11.5. The van der Waals surface area contributed by atoms with E-state index in [0.717, 1.165) is 0 Å². The van der Waals surface area contributed by atoms with Crippen molar-refractivity contribution in [2.45, 2.75) is 12.5 Å². The van der Waals surface area contributed by atoms with Gasteiger partial charge in [-0.25, -0.2) is 4.79 Å². The van der Waals surface area contributed by atoms with Crippen LogP contribution in [-0.2, 0) is 4.79 Å². The van der Waals surface area contributed by atoms with E-state index < -0.39 is 24.3 Å². The number of aliphatic hydroxyl groups is 1. The summed E-state index contributed by atoms with van der Waals surface area (Å²) in [4.78, 5) is 21.9. The molecule has 0 bridgehead atoms. The van der Waals surface area contributed by atoms with Gasteiger partial charge in [-0.05, 0) is 18.2 Å². The molecule has 1 unspecified atom stereocenters. The van der Waals surface area contributed by atoms with Gasteiger partial charge in [-0.2, -0.15) is 0 Å². The van der Waals surface area contributed by atoms with Gasteiger partial charge < -0.3 is 10.2 Å². The maximum absolute atomic E-state index is 11.5. The van der Waals surface area contributed by atoms with Gasteiger partial charge >= 0.3 is 5.97 Å². The van der Waals surface area contributed by atoms with Crippen LogP contribution in [0.1, 0.15) is 16.8 Å². The third-order valence-electron chi connectivity index (χ3n) is 1.90. The zero-order valence-electron chi connectivity index (χ0n) is 7.98. The number of carboxylic acids is 1. The fraction of sp³-hybridized carbons (Fsp3) is 0.200. The van der Waals surface area contributed by atoms with Gasteiger partial charge in [0.15, 0.2) is 11.9 Å². The number of aliphatic carboxylic acids is 1. The molecule has 1 atom stereocenters. The molecule has 86 valence electrons. The van der Waals surface area contributed by atoms with Crippen LogP contribution >= 0.6 is 23.2 Å². The average Bonchev–Trinajstić information content (AvgIpc) is 2.16. The Hall–Kier alpha value is -1.10. The van der Waals surface area contributed by atoms with Gasteiger partial charge in [-0.3, -0.25) is 4.79 Å². The lowest BCUT2D eigenvalue weighted by Gasteiger charge is -2.06. The minimum atomic E-state index is -1.72. The van der Waals surface area contributed by atoms with Crippen LogP contribution in [0.3, 0.4) is 0 Å². The van der Waals surface area contributed by atoms with Gasteiger partial charge in [0.2, 0.25) is 0 Å². The number of halogens is 2. The first-order chi connectivity index (χ1) is 7.41. The highest BCUT2D eigenvalue weighted by atomic mass is 35.5. The predicted molar refractivity (Wildman–Crippen MR) is 59.1 cm³/mol. The van der Waals surface area contributed by atoms with Crippen molar-refractivity contribution in [1.82, 2.24) is 0 Å². The van der Waals surface area contributed by atoms with Crippen LogP contribution in [0.15, 0.2) is 18.2 Å². The monoisotopic (exact) mass is 262 g/mol. The lowest BCUT2D eigenvalue weighted by Crippen LogP contribution is -2.23. The summed E-state index contributed by atoms with van der Waals surface area (Å²) in [5.41, 5.74) is 0.145. The largest absolute Gasteiger partial charge is 0.479 e. The molecular formula is C10H8Cl2O4. The summed E-state index contributed by atoms with van der Waals surface area (Å²) in [5.74, 6) is -1.99. The van der Waals surface area contributed by atoms with Crippen molar-refractivity contribution in [2.75, 3.05) is 0 Å². The first kappa shape index (κ1) is 13.0. The van der Waals surface area contributed by atoms with Crippen LogP contribution in [-0.4, -0.2) is 28.1 Å². The summed E-state index contributed by atoms with van der Waals surface area (Å²) in [6.07, 6.45) is -2.24. The number of carbonyl (C=O) groups is 2. The fourth-order valence-electron chi connectivity index (χ4n) is 1.09. The van der Waals surface area contributed by atoms with Gasteiger partial charge in [0.25, 0.3) is 0 Å². The second-order valence-corrected chi connectivity index (χ2v) is 3.95. The molecule has 0 spiro atoms. The molecule has 2 N–H and O–H groups in total. The standard InChI is InChI=1S/C10H8Cl2O4/c11-5-1-2-6(7(12)3-5)8(13)4-9(14)10(15)16/h1-3,9,14H,4H2,(H,15,16). The summed E-state index contributed by atoms with van der Waals surface area (Å²) >= 11 is 11.4. The zero-order valence-corrected chi connectivity index (χ0v) is 9.50. The molecule has 0 amide bonds. The van der Waals surface area contributed by atoms with Gasteiger partial charge in [0, 0.05) is 17.0 Å². The average molecular weight is 263 g/mol. The number of rotatable bonds is 4. The number of ketones is 1. The molecule has 16 heavy (non-hydrogen) atoms. The highest BCUT2D eigenvalue weighted by Gasteiger charge is 2.20. The Balaban J connectivity index is 2.85. The minimum Gasteiger partial charge on any atom is -0.479 e. The van der Waals surface area contributed by atoms with Crippen molar-refractivity contribution in [3.63, 3.8) is 0 Å². The summed E-state index contributed by atoms with van der Waals surface area (Å²) in [7, 11) is 0. The van der Waals surface area contributed by atoms with E-state index in [1.54, 1.807) is 0 Å². The van der Waals surface area contributed by atoms with Crippen LogP contribution < -0.4 is 0 Å². The van der Waals surface area contributed by atoms with Gasteiger partial charge in [0.05, 0.1) is 5.02 Å². The van der Waals surface area contributed by atoms with Crippen LogP contribution in [0.5, 0.6) is 0 Å². The topological polar surface area (TPSA) is 74.6 Å². The molecule has 0 aliphatic carbocycles. The molecule has 1 aromatic rings. The van der Waals surface area contributed by atoms with Crippen LogP contribution in [0.4, 0.5) is 0 Å². The molecule has 0 aromatic heterocycles. The van der Waals surface area contributed by atoms with E-state index in [-0.39, 0.29) is 10.6 Å². The van der Waals surface area contributed by atoms with E-state index in [0.29, 0.717) is 5.02 Å². The molecule has 1 aromatic carbocycles. The molecule has 0 saturated heterocycles. The number of carboxylic acid groups (broad SMARTS) is 1. The molecule has 1 rings (SSSR count). The molecule has 0 heterocycles. The smallest absolute Gasteiger partial charge is 0.332 e. The van der Waals surface area contributed by atoms with Gasteiger partial charge in [0.1, 0.15) is 0 Å². The van der Waals surface area contributed by atoms with Crippen molar-refractivity contribution in [1.29, 1.82) is 0 Å².